The van der Waals surface area contributed by atoms with Gasteiger partial charge in [-0.05, 0) is 50.2 Å². The second-order valence-electron chi connectivity index (χ2n) is 6.28. The minimum atomic E-state index is -0.425. The number of amides is 1. The first-order chi connectivity index (χ1) is 13.0. The number of carbonyl (C=O) groups is 1. The molecule has 1 amide bonds. The van der Waals surface area contributed by atoms with Crippen molar-refractivity contribution in [3.8, 4) is 0 Å². The molecule has 0 atom stereocenters. The number of fused-ring (bicyclic) bond motifs is 1. The van der Waals surface area contributed by atoms with Crippen LogP contribution in [0.15, 0.2) is 42.5 Å². The lowest BCUT2D eigenvalue weighted by atomic mass is 10.2. The third-order valence-corrected chi connectivity index (χ3v) is 5.85. The Morgan fingerprint density at radius 3 is 2.70 bits per heavy atom. The third kappa shape index (κ3) is 4.64. The Labute approximate surface area is 167 Å². The number of anilines is 1. The molecule has 4 nitrogen and oxygen atoms in total. The van der Waals surface area contributed by atoms with Crippen LogP contribution in [0.5, 0.6) is 0 Å². The van der Waals surface area contributed by atoms with E-state index in [-0.39, 0.29) is 5.91 Å². The van der Waals surface area contributed by atoms with Crippen molar-refractivity contribution in [3.05, 3.63) is 58.9 Å². The van der Waals surface area contributed by atoms with Crippen molar-refractivity contribution in [2.75, 3.05) is 31.1 Å². The molecular formula is C20H22ClFN3OS+. The summed E-state index contributed by atoms with van der Waals surface area (Å²) < 4.78 is 14.5. The van der Waals surface area contributed by atoms with E-state index in [0.29, 0.717) is 22.3 Å². The SMILES string of the molecule is CC[NH+](CC)CCN(C(=O)c1cccc(F)c1)c1nc2ccc(Cl)cc2s1. The summed E-state index contributed by atoms with van der Waals surface area (Å²) >= 11 is 7.50. The van der Waals surface area contributed by atoms with Crippen LogP contribution < -0.4 is 9.80 Å². The Morgan fingerprint density at radius 1 is 1.22 bits per heavy atom. The fourth-order valence-electron chi connectivity index (χ4n) is 2.94. The highest BCUT2D eigenvalue weighted by molar-refractivity contribution is 7.22. The molecule has 1 aromatic heterocycles. The molecule has 0 aliphatic heterocycles. The first-order valence-electron chi connectivity index (χ1n) is 8.99. The number of hydrogen-bond donors (Lipinski definition) is 1. The molecule has 0 bridgehead atoms. The number of thiazole rings is 1. The molecule has 0 spiro atoms. The molecule has 0 saturated heterocycles. The van der Waals surface area contributed by atoms with Gasteiger partial charge < -0.3 is 4.90 Å². The summed E-state index contributed by atoms with van der Waals surface area (Å²) in [6.07, 6.45) is 0. The number of hydrogen-bond acceptors (Lipinski definition) is 3. The molecule has 2 aromatic carbocycles. The van der Waals surface area contributed by atoms with E-state index >= 15 is 0 Å². The molecule has 3 rings (SSSR count). The van der Waals surface area contributed by atoms with Gasteiger partial charge in [0.2, 0.25) is 0 Å². The first-order valence-corrected chi connectivity index (χ1v) is 10.2. The Kier molecular flexibility index (Phi) is 6.42. The number of quaternary nitrogens is 1. The molecule has 0 aliphatic rings. The second-order valence-corrected chi connectivity index (χ2v) is 7.73. The molecule has 0 aliphatic carbocycles. The summed E-state index contributed by atoms with van der Waals surface area (Å²) in [5.41, 5.74) is 1.12. The predicted octanol–water partition coefficient (Wildman–Crippen LogP) is 3.66. The fourth-order valence-corrected chi connectivity index (χ4v) is 4.20. The van der Waals surface area contributed by atoms with Crippen LogP contribution in [0.1, 0.15) is 24.2 Å². The van der Waals surface area contributed by atoms with Gasteiger partial charge in [-0.25, -0.2) is 9.37 Å². The lowest BCUT2D eigenvalue weighted by molar-refractivity contribution is -0.894. The molecule has 142 valence electrons. The monoisotopic (exact) mass is 406 g/mol. The third-order valence-electron chi connectivity index (χ3n) is 4.58. The normalized spacial score (nSPS) is 11.3. The van der Waals surface area contributed by atoms with Gasteiger partial charge in [0.1, 0.15) is 5.82 Å². The van der Waals surface area contributed by atoms with Crippen molar-refractivity contribution in [2.45, 2.75) is 13.8 Å². The molecule has 7 heteroatoms. The Hall–Kier alpha value is -2.02. The largest absolute Gasteiger partial charge is 0.334 e. The topological polar surface area (TPSA) is 37.6 Å². The molecule has 27 heavy (non-hydrogen) atoms. The maximum Gasteiger partial charge on any atom is 0.260 e. The first kappa shape index (κ1) is 19.7. The Bertz CT molecular complexity index is 942. The number of carbonyl (C=O) groups excluding carboxylic acids is 1. The van der Waals surface area contributed by atoms with Gasteiger partial charge in [-0.3, -0.25) is 9.69 Å². The number of nitrogens with one attached hydrogen (secondary N) is 1. The standard InChI is InChI=1S/C20H21ClFN3OS/c1-3-24(4-2)10-11-25(19(26)14-6-5-7-16(22)12-14)20-23-17-9-8-15(21)13-18(17)27-20/h5-9,12-13H,3-4,10-11H2,1-2H3/p+1. The molecule has 0 unspecified atom stereocenters. The maximum absolute atomic E-state index is 13.6. The lowest BCUT2D eigenvalue weighted by Gasteiger charge is -2.23. The second kappa shape index (κ2) is 8.78. The van der Waals surface area contributed by atoms with Gasteiger partial charge in [-0.15, -0.1) is 0 Å². The number of benzene rings is 2. The van der Waals surface area contributed by atoms with Gasteiger partial charge in [0.15, 0.2) is 5.13 Å². The molecule has 3 aromatic rings. The Morgan fingerprint density at radius 2 is 2.00 bits per heavy atom. The zero-order valence-electron chi connectivity index (χ0n) is 15.3. The summed E-state index contributed by atoms with van der Waals surface area (Å²) in [7, 11) is 0. The lowest BCUT2D eigenvalue weighted by Crippen LogP contribution is -3.12. The number of likely N-dealkylation sites (N-methyl/N-ethyl adjacent to an activating group) is 1. The summed E-state index contributed by atoms with van der Waals surface area (Å²) in [4.78, 5) is 20.8. The predicted molar refractivity (Wildman–Crippen MR) is 110 cm³/mol. The van der Waals surface area contributed by atoms with E-state index in [0.717, 1.165) is 29.9 Å². The van der Waals surface area contributed by atoms with Gasteiger partial charge >= 0.3 is 0 Å². The average molecular weight is 407 g/mol. The molecule has 1 N–H and O–H groups in total. The van der Waals surface area contributed by atoms with Gasteiger partial charge in [-0.2, -0.15) is 0 Å². The van der Waals surface area contributed by atoms with Crippen LogP contribution in [0.2, 0.25) is 5.02 Å². The quantitative estimate of drug-likeness (QED) is 0.650. The van der Waals surface area contributed by atoms with Crippen LogP contribution in [0, 0.1) is 5.82 Å². The van der Waals surface area contributed by atoms with E-state index in [4.69, 9.17) is 11.6 Å². The number of nitrogens with zero attached hydrogens (tertiary/aromatic N) is 2. The van der Waals surface area contributed by atoms with E-state index in [1.807, 2.05) is 12.1 Å². The number of halogens is 2. The van der Waals surface area contributed by atoms with Gasteiger partial charge in [0.05, 0.1) is 36.4 Å². The molecular weight excluding hydrogens is 385 g/mol. The summed E-state index contributed by atoms with van der Waals surface area (Å²) in [5, 5.41) is 1.24. The number of rotatable bonds is 7. The highest BCUT2D eigenvalue weighted by Gasteiger charge is 2.23. The van der Waals surface area contributed by atoms with Crippen LogP contribution in [0.25, 0.3) is 10.2 Å². The van der Waals surface area contributed by atoms with E-state index < -0.39 is 5.82 Å². The highest BCUT2D eigenvalue weighted by Crippen LogP contribution is 2.31. The van der Waals surface area contributed by atoms with Crippen LogP contribution in [0.3, 0.4) is 0 Å². The van der Waals surface area contributed by atoms with Crippen molar-refractivity contribution >= 4 is 44.2 Å². The Balaban J connectivity index is 1.96. The zero-order valence-corrected chi connectivity index (χ0v) is 16.9. The minimum absolute atomic E-state index is 0.244. The van der Waals surface area contributed by atoms with Crippen molar-refractivity contribution in [1.29, 1.82) is 0 Å². The van der Waals surface area contributed by atoms with E-state index in [1.165, 1.54) is 28.4 Å². The zero-order chi connectivity index (χ0) is 19.4. The van der Waals surface area contributed by atoms with E-state index in [2.05, 4.69) is 18.8 Å². The van der Waals surface area contributed by atoms with Crippen molar-refractivity contribution in [2.24, 2.45) is 0 Å². The molecule has 0 fully saturated rings. The smallest absolute Gasteiger partial charge is 0.260 e. The average Bonchev–Trinajstić information content (AvgIpc) is 3.07. The van der Waals surface area contributed by atoms with Crippen molar-refractivity contribution in [3.63, 3.8) is 0 Å². The van der Waals surface area contributed by atoms with Crippen LogP contribution in [-0.2, 0) is 0 Å². The summed E-state index contributed by atoms with van der Waals surface area (Å²) in [6, 6.07) is 11.3. The minimum Gasteiger partial charge on any atom is -0.334 e. The molecule has 0 saturated carbocycles. The van der Waals surface area contributed by atoms with Gasteiger partial charge in [-0.1, -0.05) is 29.0 Å². The summed E-state index contributed by atoms with van der Waals surface area (Å²) in [6.45, 7) is 7.51. The van der Waals surface area contributed by atoms with Crippen LogP contribution >= 0.6 is 22.9 Å². The maximum atomic E-state index is 13.6. The summed E-state index contributed by atoms with van der Waals surface area (Å²) in [5.74, 6) is -0.669. The van der Waals surface area contributed by atoms with E-state index in [1.54, 1.807) is 23.1 Å². The van der Waals surface area contributed by atoms with Gasteiger partial charge in [0, 0.05) is 10.6 Å². The number of aromatic nitrogens is 1. The van der Waals surface area contributed by atoms with Crippen molar-refractivity contribution in [1.82, 2.24) is 4.98 Å². The van der Waals surface area contributed by atoms with Crippen LogP contribution in [-0.4, -0.2) is 37.1 Å². The van der Waals surface area contributed by atoms with Crippen molar-refractivity contribution < 1.29 is 14.1 Å². The fraction of sp³-hybridized carbons (Fsp3) is 0.300. The molecule has 0 radical (unpaired) electrons. The van der Waals surface area contributed by atoms with Gasteiger partial charge in [0.25, 0.3) is 5.91 Å². The molecule has 1 heterocycles. The van der Waals surface area contributed by atoms with E-state index in [9.17, 15) is 9.18 Å². The van der Waals surface area contributed by atoms with Crippen LogP contribution in [0.4, 0.5) is 9.52 Å². The highest BCUT2D eigenvalue weighted by atomic mass is 35.5.